The van der Waals surface area contributed by atoms with E-state index in [1.54, 1.807) is 6.07 Å². The molecule has 3 fully saturated rings. The molecule has 0 spiro atoms. The third-order valence-corrected chi connectivity index (χ3v) is 9.17. The highest BCUT2D eigenvalue weighted by molar-refractivity contribution is 7.80. The summed E-state index contributed by atoms with van der Waals surface area (Å²) in [4.78, 5) is 24.8. The summed E-state index contributed by atoms with van der Waals surface area (Å²) in [7, 11) is 0. The van der Waals surface area contributed by atoms with Crippen LogP contribution in [0.15, 0.2) is 36.4 Å². The number of likely N-dealkylation sites (tertiary alicyclic amines) is 1. The standard InChI is InChI=1S/C30H39ClN4OS/c1-20-18-28(31)32-22(3)29(20)27(36)11-7-8-21(2)33-16-14-25(15-17-33)35-26(23-9-5-4-6-10-23)19-34(30(35)37)24-12-13-24/h4-6,9-10,18,21,24-26H,7-8,11-17,19H2,1-3H3/t21?,26-/m0/s1. The number of halogens is 1. The fraction of sp³-hybridized carbons (Fsp3) is 0.567. The Balaban J connectivity index is 1.14. The van der Waals surface area contributed by atoms with Gasteiger partial charge in [0.05, 0.1) is 11.7 Å². The van der Waals surface area contributed by atoms with Gasteiger partial charge in [0.25, 0.3) is 0 Å². The van der Waals surface area contributed by atoms with Crippen LogP contribution < -0.4 is 0 Å². The maximum absolute atomic E-state index is 12.9. The van der Waals surface area contributed by atoms with Crippen molar-refractivity contribution in [2.45, 2.75) is 89.9 Å². The van der Waals surface area contributed by atoms with Crippen molar-refractivity contribution in [2.75, 3.05) is 19.6 Å². The first-order valence-electron chi connectivity index (χ1n) is 13.9. The first kappa shape index (κ1) is 26.6. The van der Waals surface area contributed by atoms with Gasteiger partial charge in [-0.2, -0.15) is 0 Å². The van der Waals surface area contributed by atoms with Crippen LogP contribution in [0.1, 0.15) is 85.1 Å². The van der Waals surface area contributed by atoms with Crippen molar-refractivity contribution < 1.29 is 4.79 Å². The first-order valence-corrected chi connectivity index (χ1v) is 14.7. The van der Waals surface area contributed by atoms with Gasteiger partial charge in [-0.25, -0.2) is 4.98 Å². The van der Waals surface area contributed by atoms with Gasteiger partial charge < -0.3 is 14.7 Å². The van der Waals surface area contributed by atoms with E-state index in [9.17, 15) is 4.79 Å². The second-order valence-electron chi connectivity index (χ2n) is 11.2. The van der Waals surface area contributed by atoms with E-state index in [0.717, 1.165) is 67.3 Å². The molecule has 0 bridgehead atoms. The lowest BCUT2D eigenvalue weighted by atomic mass is 9.96. The van der Waals surface area contributed by atoms with Gasteiger partial charge in [-0.1, -0.05) is 41.9 Å². The molecule has 0 radical (unpaired) electrons. The van der Waals surface area contributed by atoms with E-state index in [1.807, 2.05) is 13.8 Å². The molecule has 198 valence electrons. The minimum Gasteiger partial charge on any atom is -0.344 e. The number of Topliss-reactive ketones (excluding diaryl/α,β-unsaturated/α-hetero) is 1. The second kappa shape index (κ2) is 11.4. The maximum atomic E-state index is 12.9. The molecule has 1 unspecified atom stereocenters. The highest BCUT2D eigenvalue weighted by Gasteiger charge is 2.45. The van der Waals surface area contributed by atoms with E-state index in [-0.39, 0.29) is 5.78 Å². The van der Waals surface area contributed by atoms with E-state index in [0.29, 0.717) is 35.7 Å². The number of aromatic nitrogens is 1. The minimum atomic E-state index is 0.180. The number of thiocarbonyl (C=S) groups is 1. The van der Waals surface area contributed by atoms with Crippen molar-refractivity contribution in [3.63, 3.8) is 0 Å². The largest absolute Gasteiger partial charge is 0.344 e. The minimum absolute atomic E-state index is 0.180. The molecule has 1 aliphatic carbocycles. The van der Waals surface area contributed by atoms with Crippen LogP contribution in [0.4, 0.5) is 0 Å². The van der Waals surface area contributed by atoms with E-state index in [1.165, 1.54) is 18.4 Å². The zero-order chi connectivity index (χ0) is 26.1. The molecule has 1 aromatic carbocycles. The SMILES string of the molecule is Cc1cc(Cl)nc(C)c1C(=O)CCCC(C)N1CCC(N2C(=S)N(C3CC3)C[C@H]2c2ccccc2)CC1. The van der Waals surface area contributed by atoms with Gasteiger partial charge in [-0.05, 0) is 88.7 Å². The van der Waals surface area contributed by atoms with Crippen LogP contribution in [0.25, 0.3) is 0 Å². The van der Waals surface area contributed by atoms with Crippen LogP contribution in [0, 0.1) is 13.8 Å². The van der Waals surface area contributed by atoms with Gasteiger partial charge in [0.15, 0.2) is 10.9 Å². The fourth-order valence-corrected chi connectivity index (χ4v) is 7.14. The van der Waals surface area contributed by atoms with Crippen LogP contribution in [0.5, 0.6) is 0 Å². The van der Waals surface area contributed by atoms with Crippen molar-refractivity contribution in [1.29, 1.82) is 0 Å². The van der Waals surface area contributed by atoms with E-state index in [2.05, 4.69) is 56.9 Å². The normalized spacial score (nSPS) is 22.1. The molecule has 5 nitrogen and oxygen atoms in total. The molecule has 0 N–H and O–H groups in total. The summed E-state index contributed by atoms with van der Waals surface area (Å²) >= 11 is 12.1. The quantitative estimate of drug-likeness (QED) is 0.210. The molecule has 7 heteroatoms. The number of carbonyl (C=O) groups is 1. The maximum Gasteiger partial charge on any atom is 0.172 e. The summed E-state index contributed by atoms with van der Waals surface area (Å²) in [5.74, 6) is 0.180. The Morgan fingerprint density at radius 2 is 1.81 bits per heavy atom. The number of benzene rings is 1. The van der Waals surface area contributed by atoms with Crippen molar-refractivity contribution >= 4 is 34.7 Å². The highest BCUT2D eigenvalue weighted by Crippen LogP contribution is 2.40. The molecular formula is C30H39ClN4OS. The third-order valence-electron chi connectivity index (χ3n) is 8.53. The Labute approximate surface area is 232 Å². The van der Waals surface area contributed by atoms with Crippen LogP contribution in [-0.4, -0.2) is 68.3 Å². The van der Waals surface area contributed by atoms with Crippen LogP contribution >= 0.6 is 23.8 Å². The van der Waals surface area contributed by atoms with Crippen molar-refractivity contribution in [3.05, 3.63) is 63.9 Å². The van der Waals surface area contributed by atoms with Gasteiger partial charge in [-0.15, -0.1) is 0 Å². The van der Waals surface area contributed by atoms with Crippen LogP contribution in [0.3, 0.4) is 0 Å². The number of aryl methyl sites for hydroxylation is 2. The van der Waals surface area contributed by atoms with Crippen molar-refractivity contribution in [3.8, 4) is 0 Å². The van der Waals surface area contributed by atoms with Crippen molar-refractivity contribution in [1.82, 2.24) is 19.7 Å². The first-order chi connectivity index (χ1) is 17.8. The lowest BCUT2D eigenvalue weighted by molar-refractivity contribution is 0.0953. The van der Waals surface area contributed by atoms with Gasteiger partial charge in [-0.3, -0.25) is 4.79 Å². The molecule has 1 aromatic heterocycles. The second-order valence-corrected chi connectivity index (χ2v) is 11.9. The topological polar surface area (TPSA) is 39.7 Å². The number of nitrogens with zero attached hydrogens (tertiary/aromatic N) is 4. The summed E-state index contributed by atoms with van der Waals surface area (Å²) in [5.41, 5.74) is 3.79. The lowest BCUT2D eigenvalue weighted by Gasteiger charge is -2.42. The van der Waals surface area contributed by atoms with Gasteiger partial charge in [0, 0.05) is 49.7 Å². The van der Waals surface area contributed by atoms with E-state index in [4.69, 9.17) is 23.8 Å². The van der Waals surface area contributed by atoms with Gasteiger partial charge in [0.1, 0.15) is 5.15 Å². The summed E-state index contributed by atoms with van der Waals surface area (Å²) < 4.78 is 0. The predicted molar refractivity (Wildman–Crippen MR) is 154 cm³/mol. The fourth-order valence-electron chi connectivity index (χ4n) is 6.35. The molecule has 37 heavy (non-hydrogen) atoms. The third kappa shape index (κ3) is 5.86. The number of rotatable bonds is 9. The number of ketones is 1. The Morgan fingerprint density at radius 1 is 1.11 bits per heavy atom. The Bertz CT molecular complexity index is 1110. The average Bonchev–Trinajstić information content (AvgIpc) is 3.66. The molecule has 2 atom stereocenters. The molecule has 3 heterocycles. The molecule has 3 aliphatic rings. The molecule has 0 amide bonds. The number of hydrogen-bond donors (Lipinski definition) is 0. The molecule has 1 saturated carbocycles. The lowest BCUT2D eigenvalue weighted by Crippen LogP contribution is -2.49. The van der Waals surface area contributed by atoms with Crippen molar-refractivity contribution in [2.24, 2.45) is 0 Å². The smallest absolute Gasteiger partial charge is 0.172 e. The molecule has 2 aliphatic heterocycles. The van der Waals surface area contributed by atoms with Gasteiger partial charge >= 0.3 is 0 Å². The number of pyridine rings is 1. The average molecular weight is 539 g/mol. The Kier molecular flexibility index (Phi) is 8.18. The molecular weight excluding hydrogens is 500 g/mol. The molecule has 5 rings (SSSR count). The Morgan fingerprint density at radius 3 is 2.46 bits per heavy atom. The Hall–Kier alpha value is -2.02. The number of hydrogen-bond acceptors (Lipinski definition) is 4. The van der Waals surface area contributed by atoms with Crippen LogP contribution in [0.2, 0.25) is 5.15 Å². The molecule has 2 saturated heterocycles. The van der Waals surface area contributed by atoms with E-state index >= 15 is 0 Å². The zero-order valence-electron chi connectivity index (χ0n) is 22.3. The van der Waals surface area contributed by atoms with Crippen LogP contribution in [-0.2, 0) is 0 Å². The number of carbonyl (C=O) groups excluding carboxylic acids is 1. The summed E-state index contributed by atoms with van der Waals surface area (Å²) in [6.07, 6.45) is 7.32. The number of piperidine rings is 1. The zero-order valence-corrected chi connectivity index (χ0v) is 23.9. The monoisotopic (exact) mass is 538 g/mol. The van der Waals surface area contributed by atoms with Gasteiger partial charge in [0.2, 0.25) is 0 Å². The van der Waals surface area contributed by atoms with E-state index < -0.39 is 0 Å². The highest BCUT2D eigenvalue weighted by atomic mass is 35.5. The summed E-state index contributed by atoms with van der Waals surface area (Å²) in [6, 6.07) is 14.7. The molecule has 2 aromatic rings. The predicted octanol–water partition coefficient (Wildman–Crippen LogP) is 6.36. The summed E-state index contributed by atoms with van der Waals surface area (Å²) in [5, 5.41) is 1.53. The summed E-state index contributed by atoms with van der Waals surface area (Å²) in [6.45, 7) is 9.33.